The fourth-order valence-corrected chi connectivity index (χ4v) is 2.96. The third kappa shape index (κ3) is 6.74. The highest BCUT2D eigenvalue weighted by Crippen LogP contribution is 2.16. The fraction of sp³-hybridized carbons (Fsp3) is 0.474. The molecule has 0 bridgehead atoms. The Kier molecular flexibility index (Phi) is 6.82. The van der Waals surface area contributed by atoms with Crippen LogP contribution in [-0.4, -0.2) is 28.0 Å². The first-order valence-electron chi connectivity index (χ1n) is 8.55. The van der Waals surface area contributed by atoms with Crippen LogP contribution >= 0.6 is 11.3 Å². The Morgan fingerprint density at radius 1 is 1.28 bits per heavy atom. The van der Waals surface area contributed by atoms with E-state index in [1.54, 1.807) is 11.3 Å². The van der Waals surface area contributed by atoms with E-state index in [-0.39, 0.29) is 11.6 Å². The summed E-state index contributed by atoms with van der Waals surface area (Å²) in [5.41, 5.74) is 0.647. The third-order valence-electron chi connectivity index (χ3n) is 3.32. The lowest BCUT2D eigenvalue weighted by molar-refractivity contribution is 0.185. The van der Waals surface area contributed by atoms with E-state index in [1.165, 1.54) is 0 Å². The summed E-state index contributed by atoms with van der Waals surface area (Å²) >= 11 is 1.56. The van der Waals surface area contributed by atoms with Gasteiger partial charge in [-0.15, -0.1) is 11.3 Å². The van der Waals surface area contributed by atoms with Crippen molar-refractivity contribution in [1.82, 2.24) is 15.2 Å². The van der Waals surface area contributed by atoms with Crippen molar-refractivity contribution in [3.63, 3.8) is 0 Å². The zero-order valence-corrected chi connectivity index (χ0v) is 16.2. The Labute approximate surface area is 154 Å². The van der Waals surface area contributed by atoms with Crippen LogP contribution in [0.2, 0.25) is 0 Å². The zero-order valence-electron chi connectivity index (χ0n) is 15.4. The molecule has 0 saturated carbocycles. The summed E-state index contributed by atoms with van der Waals surface area (Å²) in [4.78, 5) is 18.8. The molecule has 0 spiro atoms. The van der Waals surface area contributed by atoms with Gasteiger partial charge >= 0.3 is 6.03 Å². The minimum atomic E-state index is -0.250. The number of amides is 2. The van der Waals surface area contributed by atoms with Crippen LogP contribution in [0.5, 0.6) is 5.75 Å². The van der Waals surface area contributed by atoms with Crippen molar-refractivity contribution >= 4 is 17.4 Å². The van der Waals surface area contributed by atoms with E-state index < -0.39 is 0 Å². The number of benzene rings is 1. The van der Waals surface area contributed by atoms with Crippen molar-refractivity contribution in [3.8, 4) is 5.75 Å². The van der Waals surface area contributed by atoms with E-state index in [4.69, 9.17) is 4.74 Å². The molecule has 1 aromatic heterocycles. The topological polar surface area (TPSA) is 54.5 Å². The van der Waals surface area contributed by atoms with Gasteiger partial charge in [-0.05, 0) is 39.3 Å². The van der Waals surface area contributed by atoms with Crippen LogP contribution in [0.15, 0.2) is 35.7 Å². The number of hydrogen-bond acceptors (Lipinski definition) is 4. The van der Waals surface area contributed by atoms with Crippen molar-refractivity contribution in [2.45, 2.75) is 52.8 Å². The average Bonchev–Trinajstić information content (AvgIpc) is 2.99. The highest BCUT2D eigenvalue weighted by Gasteiger charge is 2.20. The number of thiazole rings is 1. The van der Waals surface area contributed by atoms with Gasteiger partial charge in [0.05, 0.1) is 12.2 Å². The number of nitrogens with zero attached hydrogens (tertiary/aromatic N) is 2. The molecular weight excluding hydrogens is 334 g/mol. The monoisotopic (exact) mass is 361 g/mol. The molecule has 0 atom stereocenters. The number of carbonyl (C=O) groups excluding carboxylic acids is 1. The van der Waals surface area contributed by atoms with Gasteiger partial charge in [-0.1, -0.05) is 25.1 Å². The first kappa shape index (κ1) is 19.2. The smallest absolute Gasteiger partial charge is 0.318 e. The van der Waals surface area contributed by atoms with Crippen LogP contribution in [0.25, 0.3) is 0 Å². The Hall–Kier alpha value is -2.08. The number of nitrogens with one attached hydrogen (secondary N) is 1. The van der Waals surface area contributed by atoms with E-state index in [2.05, 4.69) is 17.2 Å². The number of carbonyl (C=O) groups is 1. The van der Waals surface area contributed by atoms with Crippen LogP contribution in [0, 0.1) is 0 Å². The predicted molar refractivity (Wildman–Crippen MR) is 102 cm³/mol. The van der Waals surface area contributed by atoms with Crippen molar-refractivity contribution < 1.29 is 9.53 Å². The first-order chi connectivity index (χ1) is 11.9. The van der Waals surface area contributed by atoms with Gasteiger partial charge in [-0.3, -0.25) is 0 Å². The van der Waals surface area contributed by atoms with Crippen molar-refractivity contribution in [3.05, 3.63) is 46.4 Å². The summed E-state index contributed by atoms with van der Waals surface area (Å²) in [7, 11) is 0. The summed E-state index contributed by atoms with van der Waals surface area (Å²) in [6.07, 6.45) is 0.908. The van der Waals surface area contributed by atoms with Crippen LogP contribution < -0.4 is 10.1 Å². The molecule has 5 nitrogen and oxygen atoms in total. The van der Waals surface area contributed by atoms with Gasteiger partial charge in [0.2, 0.25) is 0 Å². The molecule has 25 heavy (non-hydrogen) atoms. The maximum Gasteiger partial charge on any atom is 0.318 e. The molecule has 1 N–H and O–H groups in total. The van der Waals surface area contributed by atoms with Crippen LogP contribution in [-0.2, 0) is 13.2 Å². The minimum Gasteiger partial charge on any atom is -0.486 e. The SMILES string of the molecule is CCCN(Cc1csc(COc2ccccc2)n1)C(=O)NC(C)(C)C. The molecule has 6 heteroatoms. The highest BCUT2D eigenvalue weighted by atomic mass is 32.1. The molecule has 1 aromatic carbocycles. The third-order valence-corrected chi connectivity index (χ3v) is 4.19. The maximum absolute atomic E-state index is 12.4. The first-order valence-corrected chi connectivity index (χ1v) is 9.43. The number of aromatic nitrogens is 1. The summed E-state index contributed by atoms with van der Waals surface area (Å²) in [5.74, 6) is 0.830. The molecule has 2 rings (SSSR count). The second-order valence-electron chi connectivity index (χ2n) is 6.94. The molecular formula is C19H27N3O2S. The molecule has 2 aromatic rings. The van der Waals surface area contributed by atoms with Gasteiger partial charge in [0.25, 0.3) is 0 Å². The van der Waals surface area contributed by atoms with E-state index in [1.807, 2.05) is 61.4 Å². The van der Waals surface area contributed by atoms with E-state index in [0.717, 1.165) is 22.9 Å². The predicted octanol–water partition coefficient (Wildman–Crippen LogP) is 4.44. The molecule has 2 amide bonds. The Morgan fingerprint density at radius 3 is 2.64 bits per heavy atom. The van der Waals surface area contributed by atoms with Crippen molar-refractivity contribution in [2.24, 2.45) is 0 Å². The van der Waals surface area contributed by atoms with Crippen molar-refractivity contribution in [1.29, 1.82) is 0 Å². The van der Waals surface area contributed by atoms with Gasteiger partial charge in [-0.25, -0.2) is 9.78 Å². The van der Waals surface area contributed by atoms with Crippen LogP contribution in [0.1, 0.15) is 44.8 Å². The lowest BCUT2D eigenvalue weighted by Crippen LogP contribution is -2.48. The largest absolute Gasteiger partial charge is 0.486 e. The van der Waals surface area contributed by atoms with Crippen LogP contribution in [0.4, 0.5) is 4.79 Å². The number of hydrogen-bond donors (Lipinski definition) is 1. The standard InChI is InChI=1S/C19H27N3O2S/c1-5-11-22(18(23)21-19(2,3)4)12-15-14-25-17(20-15)13-24-16-9-7-6-8-10-16/h6-10,14H,5,11-13H2,1-4H3,(H,21,23). The minimum absolute atomic E-state index is 0.0514. The quantitative estimate of drug-likeness (QED) is 0.793. The van der Waals surface area contributed by atoms with Gasteiger partial charge in [0.15, 0.2) is 0 Å². The lowest BCUT2D eigenvalue weighted by atomic mass is 10.1. The normalized spacial score (nSPS) is 11.2. The lowest BCUT2D eigenvalue weighted by Gasteiger charge is -2.27. The van der Waals surface area contributed by atoms with Gasteiger partial charge in [0, 0.05) is 17.5 Å². The molecule has 136 valence electrons. The second kappa shape index (κ2) is 8.85. The van der Waals surface area contributed by atoms with E-state index >= 15 is 0 Å². The van der Waals surface area contributed by atoms with Crippen molar-refractivity contribution in [2.75, 3.05) is 6.54 Å². The van der Waals surface area contributed by atoms with Crippen LogP contribution in [0.3, 0.4) is 0 Å². The van der Waals surface area contributed by atoms with E-state index in [0.29, 0.717) is 19.7 Å². The Balaban J connectivity index is 1.93. The summed E-state index contributed by atoms with van der Waals surface area (Å²) in [5, 5.41) is 5.92. The number of ether oxygens (including phenoxy) is 1. The molecule has 0 aliphatic heterocycles. The number of rotatable bonds is 7. The molecule has 0 unspecified atom stereocenters. The zero-order chi connectivity index (χ0) is 18.3. The molecule has 0 fully saturated rings. The number of para-hydroxylation sites is 1. The second-order valence-corrected chi connectivity index (χ2v) is 7.88. The number of urea groups is 1. The Bertz CT molecular complexity index is 665. The molecule has 1 heterocycles. The maximum atomic E-state index is 12.4. The molecule has 0 saturated heterocycles. The molecule has 0 aliphatic carbocycles. The van der Waals surface area contributed by atoms with Gasteiger partial charge < -0.3 is 15.0 Å². The molecule has 0 aliphatic rings. The van der Waals surface area contributed by atoms with Gasteiger partial charge in [-0.2, -0.15) is 0 Å². The summed E-state index contributed by atoms with van der Waals surface area (Å²) in [6.45, 7) is 9.67. The molecule has 0 radical (unpaired) electrons. The van der Waals surface area contributed by atoms with E-state index in [9.17, 15) is 4.79 Å². The Morgan fingerprint density at radius 2 is 2.00 bits per heavy atom. The average molecular weight is 362 g/mol. The highest BCUT2D eigenvalue weighted by molar-refractivity contribution is 7.09. The fourth-order valence-electron chi connectivity index (χ4n) is 2.27. The summed E-state index contributed by atoms with van der Waals surface area (Å²) in [6, 6.07) is 9.64. The van der Waals surface area contributed by atoms with Gasteiger partial charge in [0.1, 0.15) is 17.4 Å². The summed E-state index contributed by atoms with van der Waals surface area (Å²) < 4.78 is 5.73.